The van der Waals surface area contributed by atoms with E-state index in [1.165, 1.54) is 22.6 Å². The second-order valence-electron chi connectivity index (χ2n) is 4.43. The Morgan fingerprint density at radius 1 is 1.26 bits per heavy atom. The van der Waals surface area contributed by atoms with Crippen LogP contribution in [-0.4, -0.2) is 6.34 Å². The van der Waals surface area contributed by atoms with Crippen molar-refractivity contribution in [3.8, 4) is 10.4 Å². The zero-order valence-corrected chi connectivity index (χ0v) is 11.2. The van der Waals surface area contributed by atoms with Crippen LogP contribution < -0.4 is 5.32 Å². The van der Waals surface area contributed by atoms with Gasteiger partial charge in [0.05, 0.1) is 12.4 Å². The van der Waals surface area contributed by atoms with Crippen molar-refractivity contribution in [1.82, 2.24) is 5.32 Å². The van der Waals surface area contributed by atoms with Crippen LogP contribution in [0.5, 0.6) is 0 Å². The van der Waals surface area contributed by atoms with Gasteiger partial charge in [-0.3, -0.25) is 0 Å². The van der Waals surface area contributed by atoms with Crippen molar-refractivity contribution in [2.45, 2.75) is 13.0 Å². The Bertz CT molecular complexity index is 641. The second-order valence-corrected chi connectivity index (χ2v) is 5.51. The van der Waals surface area contributed by atoms with Crippen LogP contribution in [0.3, 0.4) is 0 Å². The molecule has 1 unspecified atom stereocenters. The van der Waals surface area contributed by atoms with Gasteiger partial charge in [0.15, 0.2) is 0 Å². The van der Waals surface area contributed by atoms with Gasteiger partial charge in [-0.05, 0) is 42.3 Å². The van der Waals surface area contributed by atoms with E-state index in [1.54, 1.807) is 23.9 Å². The maximum Gasteiger partial charge on any atom is 0.123 e. The van der Waals surface area contributed by atoms with Crippen molar-refractivity contribution in [2.75, 3.05) is 0 Å². The van der Waals surface area contributed by atoms with Crippen molar-refractivity contribution >= 4 is 17.7 Å². The minimum Gasteiger partial charge on any atom is -0.365 e. The summed E-state index contributed by atoms with van der Waals surface area (Å²) in [5.41, 5.74) is 2.29. The van der Waals surface area contributed by atoms with Crippen LogP contribution in [0.2, 0.25) is 0 Å². The van der Waals surface area contributed by atoms with Gasteiger partial charge >= 0.3 is 0 Å². The van der Waals surface area contributed by atoms with E-state index in [0.717, 1.165) is 10.4 Å². The Morgan fingerprint density at radius 2 is 2.05 bits per heavy atom. The monoisotopic (exact) mass is 272 g/mol. The van der Waals surface area contributed by atoms with E-state index in [1.807, 2.05) is 18.2 Å². The van der Waals surface area contributed by atoms with Gasteiger partial charge < -0.3 is 5.32 Å². The molecule has 2 nitrogen and oxygen atoms in total. The molecule has 1 N–H and O–H groups in total. The number of aryl methyl sites for hydroxylation is 1. The molecule has 0 radical (unpaired) electrons. The lowest BCUT2D eigenvalue weighted by molar-refractivity contribution is 0.628. The molecular formula is C15H13FN2S. The molecule has 1 aliphatic rings. The highest BCUT2D eigenvalue weighted by Crippen LogP contribution is 2.35. The molecule has 3 rings (SSSR count). The van der Waals surface area contributed by atoms with Crippen molar-refractivity contribution in [3.05, 3.63) is 58.9 Å². The summed E-state index contributed by atoms with van der Waals surface area (Å²) in [4.78, 5) is 6.43. The third kappa shape index (κ3) is 2.44. The zero-order chi connectivity index (χ0) is 13.2. The molecule has 0 bridgehead atoms. The number of benzene rings is 1. The molecule has 0 spiro atoms. The smallest absolute Gasteiger partial charge is 0.123 e. The number of halogens is 1. The van der Waals surface area contributed by atoms with Gasteiger partial charge in [0, 0.05) is 16.0 Å². The molecule has 0 fully saturated rings. The highest BCUT2D eigenvalue weighted by molar-refractivity contribution is 7.15. The molecule has 2 heterocycles. The van der Waals surface area contributed by atoms with E-state index in [9.17, 15) is 4.39 Å². The van der Waals surface area contributed by atoms with Crippen LogP contribution in [0.1, 0.15) is 16.5 Å². The first-order valence-electron chi connectivity index (χ1n) is 6.05. The third-order valence-corrected chi connectivity index (χ3v) is 4.43. The highest BCUT2D eigenvalue weighted by Gasteiger charge is 2.15. The lowest BCUT2D eigenvalue weighted by Crippen LogP contribution is -2.19. The van der Waals surface area contributed by atoms with Gasteiger partial charge in [-0.1, -0.05) is 12.1 Å². The van der Waals surface area contributed by atoms with Gasteiger partial charge in [0.1, 0.15) is 5.82 Å². The molecule has 96 valence electrons. The average molecular weight is 272 g/mol. The van der Waals surface area contributed by atoms with Gasteiger partial charge in [0.25, 0.3) is 0 Å². The third-order valence-electron chi connectivity index (χ3n) is 3.06. The molecule has 0 aliphatic carbocycles. The Kier molecular flexibility index (Phi) is 3.17. The first-order chi connectivity index (χ1) is 9.24. The number of nitrogens with one attached hydrogen (secondary N) is 1. The van der Waals surface area contributed by atoms with Crippen LogP contribution in [0.25, 0.3) is 10.4 Å². The van der Waals surface area contributed by atoms with E-state index in [4.69, 9.17) is 0 Å². The molecule has 0 amide bonds. The predicted molar refractivity (Wildman–Crippen MR) is 78.0 cm³/mol. The van der Waals surface area contributed by atoms with Crippen LogP contribution in [-0.2, 0) is 0 Å². The van der Waals surface area contributed by atoms with Crippen LogP contribution in [0.4, 0.5) is 4.39 Å². The molecule has 2 aromatic rings. The number of aliphatic imine (C=N–C) groups is 1. The van der Waals surface area contributed by atoms with E-state index in [-0.39, 0.29) is 11.9 Å². The zero-order valence-electron chi connectivity index (χ0n) is 10.4. The normalized spacial score (nSPS) is 17.5. The van der Waals surface area contributed by atoms with Crippen molar-refractivity contribution in [3.63, 3.8) is 0 Å². The summed E-state index contributed by atoms with van der Waals surface area (Å²) < 4.78 is 12.9. The summed E-state index contributed by atoms with van der Waals surface area (Å²) >= 11 is 1.73. The lowest BCUT2D eigenvalue weighted by Gasteiger charge is -2.14. The lowest BCUT2D eigenvalue weighted by atomic mass is 10.1. The fourth-order valence-corrected chi connectivity index (χ4v) is 3.30. The average Bonchev–Trinajstić information content (AvgIpc) is 2.83. The summed E-state index contributed by atoms with van der Waals surface area (Å²) in [6, 6.07) is 8.95. The minimum atomic E-state index is -0.203. The molecule has 1 aromatic carbocycles. The summed E-state index contributed by atoms with van der Waals surface area (Å²) in [5.74, 6) is -0.203. The summed E-state index contributed by atoms with van der Waals surface area (Å²) in [7, 11) is 0. The van der Waals surface area contributed by atoms with Gasteiger partial charge in [0.2, 0.25) is 0 Å². The molecule has 19 heavy (non-hydrogen) atoms. The molecule has 4 heteroatoms. The van der Waals surface area contributed by atoms with Crippen LogP contribution in [0, 0.1) is 12.7 Å². The first kappa shape index (κ1) is 12.1. The number of hydrogen-bond donors (Lipinski definition) is 1. The maximum absolute atomic E-state index is 12.9. The number of hydrogen-bond acceptors (Lipinski definition) is 3. The summed E-state index contributed by atoms with van der Waals surface area (Å²) in [5, 5.41) is 3.22. The van der Waals surface area contributed by atoms with Crippen molar-refractivity contribution < 1.29 is 4.39 Å². The molecule has 1 atom stereocenters. The topological polar surface area (TPSA) is 24.4 Å². The Labute approximate surface area is 115 Å². The van der Waals surface area contributed by atoms with E-state index >= 15 is 0 Å². The second kappa shape index (κ2) is 4.97. The minimum absolute atomic E-state index is 0.177. The van der Waals surface area contributed by atoms with E-state index in [2.05, 4.69) is 23.3 Å². The molecular weight excluding hydrogens is 259 g/mol. The van der Waals surface area contributed by atoms with E-state index < -0.39 is 0 Å². The Balaban J connectivity index is 1.95. The van der Waals surface area contributed by atoms with Gasteiger partial charge in [-0.25, -0.2) is 9.38 Å². The molecule has 1 aliphatic heterocycles. The largest absolute Gasteiger partial charge is 0.365 e. The Morgan fingerprint density at radius 3 is 2.74 bits per heavy atom. The van der Waals surface area contributed by atoms with Crippen molar-refractivity contribution in [1.29, 1.82) is 0 Å². The van der Waals surface area contributed by atoms with Gasteiger partial charge in [-0.15, -0.1) is 11.3 Å². The Hall–Kier alpha value is -1.94. The highest BCUT2D eigenvalue weighted by atomic mass is 32.1. The number of thiophene rings is 1. The fraction of sp³-hybridized carbons (Fsp3) is 0.133. The quantitative estimate of drug-likeness (QED) is 0.876. The fourth-order valence-electron chi connectivity index (χ4n) is 2.08. The van der Waals surface area contributed by atoms with Gasteiger partial charge in [-0.2, -0.15) is 0 Å². The molecule has 0 saturated heterocycles. The SMILES string of the molecule is Cc1cc(-c2ccc(F)cc2)sc1C1C=CN=CN1. The standard InChI is InChI=1S/C15H13FN2S/c1-10-8-14(11-2-4-12(16)5-3-11)19-15(10)13-6-7-17-9-18-13/h2-9,13H,1H3,(H,17,18). The molecule has 1 aromatic heterocycles. The van der Waals surface area contributed by atoms with E-state index in [0.29, 0.717) is 0 Å². The first-order valence-corrected chi connectivity index (χ1v) is 6.86. The predicted octanol–water partition coefficient (Wildman–Crippen LogP) is 4.05. The maximum atomic E-state index is 12.9. The number of rotatable bonds is 2. The van der Waals surface area contributed by atoms with Crippen LogP contribution in [0.15, 0.2) is 47.6 Å². The number of nitrogens with zero attached hydrogens (tertiary/aromatic N) is 1. The summed E-state index contributed by atoms with van der Waals surface area (Å²) in [6.45, 7) is 2.10. The van der Waals surface area contributed by atoms with Crippen LogP contribution >= 0.6 is 11.3 Å². The summed E-state index contributed by atoms with van der Waals surface area (Å²) in [6.07, 6.45) is 5.55. The van der Waals surface area contributed by atoms with Crippen molar-refractivity contribution in [2.24, 2.45) is 4.99 Å². The molecule has 0 saturated carbocycles.